The summed E-state index contributed by atoms with van der Waals surface area (Å²) in [5.41, 5.74) is 6.75. The lowest BCUT2D eigenvalue weighted by atomic mass is 10.1. The van der Waals surface area contributed by atoms with Crippen LogP contribution in [0.4, 0.5) is 11.4 Å². The van der Waals surface area contributed by atoms with Crippen molar-refractivity contribution in [3.63, 3.8) is 0 Å². The molecule has 0 saturated heterocycles. The van der Waals surface area contributed by atoms with Crippen LogP contribution in [0, 0.1) is 11.8 Å². The number of nitrogens with two attached hydrogens (primary N) is 1. The minimum atomic E-state index is -0.242. The summed E-state index contributed by atoms with van der Waals surface area (Å²) in [5.74, 6) is -0.516. The molecule has 5 heteroatoms. The van der Waals surface area contributed by atoms with E-state index in [2.05, 4.69) is 10.6 Å². The van der Waals surface area contributed by atoms with Gasteiger partial charge in [-0.1, -0.05) is 26.8 Å². The molecule has 0 radical (unpaired) electrons. The number of hydrogen-bond donors (Lipinski definition) is 3. The molecule has 0 aliphatic heterocycles. The van der Waals surface area contributed by atoms with Crippen molar-refractivity contribution >= 4 is 23.2 Å². The van der Waals surface area contributed by atoms with Crippen LogP contribution in [0.3, 0.4) is 0 Å². The Morgan fingerprint density at radius 3 is 2.11 bits per heavy atom. The predicted octanol–water partition coefficient (Wildman–Crippen LogP) is 1.81. The molecule has 0 heterocycles. The van der Waals surface area contributed by atoms with Gasteiger partial charge in [0.15, 0.2) is 0 Å². The molecule has 0 aromatic heterocycles. The van der Waals surface area contributed by atoms with Gasteiger partial charge in [0.1, 0.15) is 0 Å². The van der Waals surface area contributed by atoms with Gasteiger partial charge in [-0.3, -0.25) is 9.59 Å². The molecule has 1 unspecified atom stereocenters. The molecule has 1 rings (SSSR count). The number of amides is 2. The van der Waals surface area contributed by atoms with Gasteiger partial charge in [0.05, 0.1) is 0 Å². The summed E-state index contributed by atoms with van der Waals surface area (Å²) >= 11 is 0. The molecule has 104 valence electrons. The summed E-state index contributed by atoms with van der Waals surface area (Å²) < 4.78 is 0. The molecular formula is C14H21N3O2. The Hall–Kier alpha value is -1.88. The molecule has 19 heavy (non-hydrogen) atoms. The van der Waals surface area contributed by atoms with E-state index in [0.29, 0.717) is 17.9 Å². The predicted molar refractivity (Wildman–Crippen MR) is 76.8 cm³/mol. The van der Waals surface area contributed by atoms with Crippen LogP contribution in [-0.4, -0.2) is 18.4 Å². The van der Waals surface area contributed by atoms with Crippen LogP contribution in [0.1, 0.15) is 20.8 Å². The minimum Gasteiger partial charge on any atom is -0.330 e. The van der Waals surface area contributed by atoms with Gasteiger partial charge in [0.2, 0.25) is 11.8 Å². The van der Waals surface area contributed by atoms with Crippen LogP contribution in [0.25, 0.3) is 0 Å². The zero-order valence-corrected chi connectivity index (χ0v) is 11.6. The quantitative estimate of drug-likeness (QED) is 0.757. The standard InChI is InChI=1S/C14H21N3O2/c1-9(2)13(18)16-11-5-4-6-12(7-11)17-14(19)10(3)8-15/h4-7,9-10H,8,15H2,1-3H3,(H,16,18)(H,17,19). The second kappa shape index (κ2) is 6.89. The maximum absolute atomic E-state index is 11.7. The summed E-state index contributed by atoms with van der Waals surface area (Å²) in [6.07, 6.45) is 0. The van der Waals surface area contributed by atoms with Crippen LogP contribution < -0.4 is 16.4 Å². The SMILES string of the molecule is CC(C)C(=O)Nc1cccc(NC(=O)C(C)CN)c1. The highest BCUT2D eigenvalue weighted by Crippen LogP contribution is 2.16. The lowest BCUT2D eigenvalue weighted by molar-refractivity contribution is -0.119. The zero-order chi connectivity index (χ0) is 14.4. The molecule has 0 fully saturated rings. The highest BCUT2D eigenvalue weighted by atomic mass is 16.2. The van der Waals surface area contributed by atoms with E-state index in [9.17, 15) is 9.59 Å². The monoisotopic (exact) mass is 263 g/mol. The fourth-order valence-electron chi connectivity index (χ4n) is 1.33. The van der Waals surface area contributed by atoms with E-state index in [1.165, 1.54) is 0 Å². The molecule has 0 spiro atoms. The van der Waals surface area contributed by atoms with Gasteiger partial charge < -0.3 is 16.4 Å². The molecule has 0 saturated carbocycles. The molecule has 1 atom stereocenters. The summed E-state index contributed by atoms with van der Waals surface area (Å²) in [6.45, 7) is 5.71. The van der Waals surface area contributed by atoms with Gasteiger partial charge in [-0.15, -0.1) is 0 Å². The van der Waals surface area contributed by atoms with Crippen LogP contribution in [0.15, 0.2) is 24.3 Å². The second-order valence-corrected chi connectivity index (χ2v) is 4.85. The highest BCUT2D eigenvalue weighted by molar-refractivity contribution is 5.95. The third-order valence-electron chi connectivity index (χ3n) is 2.72. The Balaban J connectivity index is 2.72. The summed E-state index contributed by atoms with van der Waals surface area (Å²) in [4.78, 5) is 23.3. The van der Waals surface area contributed by atoms with E-state index in [1.807, 2.05) is 13.8 Å². The minimum absolute atomic E-state index is 0.0567. The van der Waals surface area contributed by atoms with Crippen LogP contribution in [0.5, 0.6) is 0 Å². The Bertz CT molecular complexity index is 458. The molecule has 0 aliphatic carbocycles. The molecule has 0 aliphatic rings. The van der Waals surface area contributed by atoms with E-state index in [4.69, 9.17) is 5.73 Å². The average Bonchev–Trinajstić information content (AvgIpc) is 2.37. The van der Waals surface area contributed by atoms with Crippen molar-refractivity contribution in [2.75, 3.05) is 17.2 Å². The molecule has 1 aromatic carbocycles. The van der Waals surface area contributed by atoms with E-state index >= 15 is 0 Å². The third kappa shape index (κ3) is 4.71. The molecular weight excluding hydrogens is 242 g/mol. The van der Waals surface area contributed by atoms with E-state index in [0.717, 1.165) is 0 Å². The molecule has 2 amide bonds. The van der Waals surface area contributed by atoms with Crippen LogP contribution in [0.2, 0.25) is 0 Å². The van der Waals surface area contributed by atoms with Crippen molar-refractivity contribution in [2.45, 2.75) is 20.8 Å². The molecule has 5 nitrogen and oxygen atoms in total. The maximum Gasteiger partial charge on any atom is 0.228 e. The third-order valence-corrected chi connectivity index (χ3v) is 2.72. The van der Waals surface area contributed by atoms with Crippen molar-refractivity contribution < 1.29 is 9.59 Å². The van der Waals surface area contributed by atoms with Crippen molar-refractivity contribution in [1.29, 1.82) is 0 Å². The van der Waals surface area contributed by atoms with E-state index in [-0.39, 0.29) is 23.7 Å². The number of rotatable bonds is 5. The normalized spacial score (nSPS) is 12.1. The smallest absolute Gasteiger partial charge is 0.228 e. The van der Waals surface area contributed by atoms with Gasteiger partial charge in [0.25, 0.3) is 0 Å². The summed E-state index contributed by atoms with van der Waals surface area (Å²) in [6, 6.07) is 7.05. The Morgan fingerprint density at radius 1 is 1.11 bits per heavy atom. The van der Waals surface area contributed by atoms with Crippen molar-refractivity contribution in [3.8, 4) is 0 Å². The topological polar surface area (TPSA) is 84.2 Å². The zero-order valence-electron chi connectivity index (χ0n) is 11.6. The fraction of sp³-hybridized carbons (Fsp3) is 0.429. The first kappa shape index (κ1) is 15.2. The Morgan fingerprint density at radius 2 is 1.63 bits per heavy atom. The van der Waals surface area contributed by atoms with Gasteiger partial charge in [-0.05, 0) is 18.2 Å². The summed E-state index contributed by atoms with van der Waals surface area (Å²) in [7, 11) is 0. The van der Waals surface area contributed by atoms with Crippen LogP contribution in [-0.2, 0) is 9.59 Å². The molecule has 4 N–H and O–H groups in total. The van der Waals surface area contributed by atoms with E-state index in [1.54, 1.807) is 31.2 Å². The van der Waals surface area contributed by atoms with Gasteiger partial charge in [-0.2, -0.15) is 0 Å². The average molecular weight is 263 g/mol. The Labute approximate surface area is 113 Å². The maximum atomic E-state index is 11.7. The number of carbonyl (C=O) groups excluding carboxylic acids is 2. The Kier molecular flexibility index (Phi) is 5.51. The first-order chi connectivity index (χ1) is 8.93. The number of benzene rings is 1. The van der Waals surface area contributed by atoms with Gasteiger partial charge >= 0.3 is 0 Å². The van der Waals surface area contributed by atoms with Crippen molar-refractivity contribution in [2.24, 2.45) is 17.6 Å². The first-order valence-corrected chi connectivity index (χ1v) is 6.36. The number of carbonyl (C=O) groups is 2. The van der Waals surface area contributed by atoms with Crippen molar-refractivity contribution in [3.05, 3.63) is 24.3 Å². The summed E-state index contributed by atoms with van der Waals surface area (Å²) in [5, 5.41) is 5.55. The lowest BCUT2D eigenvalue weighted by Gasteiger charge is -2.12. The number of hydrogen-bond acceptors (Lipinski definition) is 3. The van der Waals surface area contributed by atoms with Crippen LogP contribution >= 0.6 is 0 Å². The lowest BCUT2D eigenvalue weighted by Crippen LogP contribution is -2.26. The van der Waals surface area contributed by atoms with Gasteiger partial charge in [-0.25, -0.2) is 0 Å². The largest absolute Gasteiger partial charge is 0.330 e. The van der Waals surface area contributed by atoms with Gasteiger partial charge in [0, 0.05) is 29.8 Å². The first-order valence-electron chi connectivity index (χ1n) is 6.36. The van der Waals surface area contributed by atoms with E-state index < -0.39 is 0 Å². The fourth-order valence-corrected chi connectivity index (χ4v) is 1.33. The second-order valence-electron chi connectivity index (χ2n) is 4.85. The highest BCUT2D eigenvalue weighted by Gasteiger charge is 2.11. The number of anilines is 2. The molecule has 0 bridgehead atoms. The van der Waals surface area contributed by atoms with Crippen molar-refractivity contribution in [1.82, 2.24) is 0 Å². The molecule has 1 aromatic rings. The number of nitrogens with one attached hydrogen (secondary N) is 2.